The van der Waals surface area contributed by atoms with Crippen LogP contribution in [0.3, 0.4) is 0 Å². The second-order valence-corrected chi connectivity index (χ2v) is 8.82. The highest BCUT2D eigenvalue weighted by Crippen LogP contribution is 2.37. The molecule has 1 aromatic carbocycles. The number of hydrogen-bond acceptors (Lipinski definition) is 3. The number of ketones is 1. The Bertz CT molecular complexity index is 736. The Morgan fingerprint density at radius 1 is 1.08 bits per heavy atom. The van der Waals surface area contributed by atoms with Gasteiger partial charge in [-0.25, -0.2) is 0 Å². The Balaban J connectivity index is 1.78. The second-order valence-electron chi connectivity index (χ2n) is 8.82. The van der Waals surface area contributed by atoms with E-state index in [9.17, 15) is 4.79 Å². The van der Waals surface area contributed by atoms with E-state index >= 15 is 0 Å². The molecule has 1 saturated carbocycles. The fourth-order valence-corrected chi connectivity index (χ4v) is 3.28. The summed E-state index contributed by atoms with van der Waals surface area (Å²) in [5.41, 5.74) is 0.903. The lowest BCUT2D eigenvalue weighted by Gasteiger charge is -2.32. The molecule has 1 aliphatic carbocycles. The standard InChI is InChI=1S/C21H27BO3/c1-19(2)13-12-16(18(19)23)11-10-15-8-7-9-17(14-15)22-24-20(3,4)21(5,6)25-22/h7-9,14,16H,12-13H2,1-6H3/t16-/m1/s1. The molecule has 0 bridgehead atoms. The maximum atomic E-state index is 12.3. The van der Waals surface area contributed by atoms with Gasteiger partial charge in [-0.05, 0) is 58.1 Å². The van der Waals surface area contributed by atoms with Gasteiger partial charge >= 0.3 is 7.12 Å². The van der Waals surface area contributed by atoms with Crippen molar-refractivity contribution in [3.63, 3.8) is 0 Å². The van der Waals surface area contributed by atoms with Crippen LogP contribution in [0.4, 0.5) is 0 Å². The topological polar surface area (TPSA) is 35.5 Å². The number of Topliss-reactive ketones (excluding diaryl/α,β-unsaturated/α-hetero) is 1. The van der Waals surface area contributed by atoms with E-state index in [1.807, 2.05) is 65.8 Å². The summed E-state index contributed by atoms with van der Waals surface area (Å²) >= 11 is 0. The SMILES string of the molecule is CC1(C)CC[C@@H](C#Cc2cccc(B3OC(C)(C)C(C)(C)O3)c2)C1=O. The highest BCUT2D eigenvalue weighted by molar-refractivity contribution is 6.62. The normalized spacial score (nSPS) is 26.4. The minimum Gasteiger partial charge on any atom is -0.399 e. The van der Waals surface area contributed by atoms with E-state index in [-0.39, 0.29) is 28.3 Å². The van der Waals surface area contributed by atoms with E-state index in [4.69, 9.17) is 9.31 Å². The van der Waals surface area contributed by atoms with Gasteiger partial charge in [0.25, 0.3) is 0 Å². The fourth-order valence-electron chi connectivity index (χ4n) is 3.28. The van der Waals surface area contributed by atoms with Crippen molar-refractivity contribution in [2.75, 3.05) is 0 Å². The maximum absolute atomic E-state index is 12.3. The highest BCUT2D eigenvalue weighted by atomic mass is 16.7. The van der Waals surface area contributed by atoms with Crippen LogP contribution in [0.1, 0.15) is 59.9 Å². The molecule has 1 aromatic rings. The van der Waals surface area contributed by atoms with E-state index in [2.05, 4.69) is 11.8 Å². The lowest BCUT2D eigenvalue weighted by Crippen LogP contribution is -2.41. The number of carbonyl (C=O) groups excluding carboxylic acids is 1. The Morgan fingerprint density at radius 3 is 2.28 bits per heavy atom. The molecule has 25 heavy (non-hydrogen) atoms. The van der Waals surface area contributed by atoms with Crippen molar-refractivity contribution in [2.45, 2.75) is 65.6 Å². The summed E-state index contributed by atoms with van der Waals surface area (Å²) in [5.74, 6) is 6.47. The third-order valence-corrected chi connectivity index (χ3v) is 5.84. The van der Waals surface area contributed by atoms with Gasteiger partial charge in [-0.1, -0.05) is 37.8 Å². The summed E-state index contributed by atoms with van der Waals surface area (Å²) < 4.78 is 12.2. The van der Waals surface area contributed by atoms with E-state index in [0.29, 0.717) is 0 Å². The van der Waals surface area contributed by atoms with Gasteiger partial charge in [0.05, 0.1) is 17.1 Å². The quantitative estimate of drug-likeness (QED) is 0.582. The van der Waals surface area contributed by atoms with Gasteiger partial charge in [-0.2, -0.15) is 0 Å². The molecule has 1 saturated heterocycles. The van der Waals surface area contributed by atoms with E-state index in [1.165, 1.54) is 0 Å². The maximum Gasteiger partial charge on any atom is 0.494 e. The molecule has 0 radical (unpaired) electrons. The molecule has 0 aromatic heterocycles. The van der Waals surface area contributed by atoms with Crippen molar-refractivity contribution < 1.29 is 14.1 Å². The van der Waals surface area contributed by atoms with Crippen LogP contribution in [0.25, 0.3) is 0 Å². The Labute approximate surface area is 151 Å². The Hall–Kier alpha value is -1.57. The summed E-state index contributed by atoms with van der Waals surface area (Å²) in [6, 6.07) is 7.92. The zero-order valence-electron chi connectivity index (χ0n) is 16.1. The van der Waals surface area contributed by atoms with Crippen LogP contribution in [0.15, 0.2) is 24.3 Å². The predicted octanol–water partition coefficient (Wildman–Crippen LogP) is 3.34. The lowest BCUT2D eigenvalue weighted by atomic mass is 9.78. The molecule has 1 aliphatic heterocycles. The molecule has 3 rings (SSSR count). The van der Waals surface area contributed by atoms with Crippen LogP contribution in [-0.2, 0) is 14.1 Å². The van der Waals surface area contributed by atoms with E-state index in [0.717, 1.165) is 23.9 Å². The molecule has 0 amide bonds. The van der Waals surface area contributed by atoms with Gasteiger partial charge in [0.2, 0.25) is 0 Å². The Morgan fingerprint density at radius 2 is 1.72 bits per heavy atom. The summed E-state index contributed by atoms with van der Waals surface area (Å²) in [4.78, 5) is 12.3. The summed E-state index contributed by atoms with van der Waals surface area (Å²) in [5, 5.41) is 0. The second kappa shape index (κ2) is 6.00. The molecule has 3 nitrogen and oxygen atoms in total. The molecule has 1 atom stereocenters. The van der Waals surface area contributed by atoms with Gasteiger partial charge in [-0.15, -0.1) is 0 Å². The minimum absolute atomic E-state index is 0.143. The van der Waals surface area contributed by atoms with E-state index < -0.39 is 7.12 Å². The van der Waals surface area contributed by atoms with Gasteiger partial charge < -0.3 is 9.31 Å². The van der Waals surface area contributed by atoms with Crippen molar-refractivity contribution in [1.82, 2.24) is 0 Å². The first-order chi connectivity index (χ1) is 11.5. The predicted molar refractivity (Wildman–Crippen MR) is 101 cm³/mol. The molecule has 0 N–H and O–H groups in total. The van der Waals surface area contributed by atoms with Crippen LogP contribution in [0.5, 0.6) is 0 Å². The van der Waals surface area contributed by atoms with Gasteiger partial charge in [0.1, 0.15) is 0 Å². The summed E-state index contributed by atoms with van der Waals surface area (Å²) in [6.45, 7) is 12.2. The van der Waals surface area contributed by atoms with Crippen molar-refractivity contribution in [2.24, 2.45) is 11.3 Å². The number of hydrogen-bond donors (Lipinski definition) is 0. The molecular weight excluding hydrogens is 311 g/mol. The monoisotopic (exact) mass is 338 g/mol. The zero-order valence-corrected chi connectivity index (χ0v) is 16.1. The van der Waals surface area contributed by atoms with Crippen LogP contribution in [0.2, 0.25) is 0 Å². The Kier molecular flexibility index (Phi) is 4.38. The third-order valence-electron chi connectivity index (χ3n) is 5.84. The molecule has 0 spiro atoms. The third kappa shape index (κ3) is 3.41. The highest BCUT2D eigenvalue weighted by Gasteiger charge is 2.51. The average Bonchev–Trinajstić information content (AvgIpc) is 2.90. The molecule has 4 heteroatoms. The van der Waals surface area contributed by atoms with E-state index in [1.54, 1.807) is 0 Å². The van der Waals surface area contributed by atoms with Gasteiger partial charge in [0.15, 0.2) is 5.78 Å². The summed E-state index contributed by atoms with van der Waals surface area (Å²) in [6.07, 6.45) is 1.77. The average molecular weight is 338 g/mol. The number of rotatable bonds is 1. The lowest BCUT2D eigenvalue weighted by molar-refractivity contribution is -0.126. The smallest absolute Gasteiger partial charge is 0.399 e. The largest absolute Gasteiger partial charge is 0.494 e. The number of carbonyl (C=O) groups is 1. The minimum atomic E-state index is -0.390. The zero-order chi connectivity index (χ0) is 18.5. The van der Waals surface area contributed by atoms with Crippen molar-refractivity contribution in [3.8, 4) is 11.8 Å². The first kappa shape index (κ1) is 18.2. The first-order valence-corrected chi connectivity index (χ1v) is 9.03. The van der Waals surface area contributed by atoms with Crippen molar-refractivity contribution in [3.05, 3.63) is 29.8 Å². The molecule has 1 heterocycles. The van der Waals surface area contributed by atoms with Gasteiger partial charge in [-0.3, -0.25) is 4.79 Å². The van der Waals surface area contributed by atoms with Crippen LogP contribution in [0, 0.1) is 23.2 Å². The molecule has 0 unspecified atom stereocenters. The van der Waals surface area contributed by atoms with Crippen LogP contribution >= 0.6 is 0 Å². The summed E-state index contributed by atoms with van der Waals surface area (Å²) in [7, 11) is -0.390. The van der Waals surface area contributed by atoms with Gasteiger partial charge in [0, 0.05) is 11.0 Å². The van der Waals surface area contributed by atoms with Crippen molar-refractivity contribution in [1.29, 1.82) is 0 Å². The molecule has 2 fully saturated rings. The number of benzene rings is 1. The molecule has 2 aliphatic rings. The van der Waals surface area contributed by atoms with Crippen LogP contribution < -0.4 is 5.46 Å². The first-order valence-electron chi connectivity index (χ1n) is 9.03. The molecular formula is C21H27BO3. The fraction of sp³-hybridized carbons (Fsp3) is 0.571. The molecule has 132 valence electrons. The van der Waals surface area contributed by atoms with Crippen molar-refractivity contribution >= 4 is 18.4 Å². The van der Waals surface area contributed by atoms with Crippen LogP contribution in [-0.4, -0.2) is 24.1 Å².